The number of sulfonamides is 1. The van der Waals surface area contributed by atoms with E-state index in [0.717, 1.165) is 11.6 Å². The van der Waals surface area contributed by atoms with Gasteiger partial charge in [-0.25, -0.2) is 22.3 Å². The van der Waals surface area contributed by atoms with Crippen molar-refractivity contribution in [3.8, 4) is 16.9 Å². The number of nitrogens with one attached hydrogen (secondary N) is 2. The zero-order valence-electron chi connectivity index (χ0n) is 22.0. The molecule has 0 radical (unpaired) electrons. The molecular formula is C29H30FN5O4S. The lowest BCUT2D eigenvalue weighted by Crippen LogP contribution is -2.47. The molecule has 3 aromatic carbocycles. The topological polar surface area (TPSA) is 105 Å². The normalized spacial score (nSPS) is 13.9. The van der Waals surface area contributed by atoms with Crippen molar-refractivity contribution in [2.45, 2.75) is 18.4 Å². The van der Waals surface area contributed by atoms with Crippen molar-refractivity contribution in [1.29, 1.82) is 0 Å². The summed E-state index contributed by atoms with van der Waals surface area (Å²) in [5.74, 6) is -1.19. The Morgan fingerprint density at radius 1 is 0.950 bits per heavy atom. The van der Waals surface area contributed by atoms with E-state index in [1.54, 1.807) is 4.90 Å². The molecule has 2 heterocycles. The van der Waals surface area contributed by atoms with Crippen LogP contribution in [0.2, 0.25) is 0 Å². The highest BCUT2D eigenvalue weighted by atomic mass is 32.2. The lowest BCUT2D eigenvalue weighted by atomic mass is 10.1. The molecule has 1 aliphatic rings. The lowest BCUT2D eigenvalue weighted by molar-refractivity contribution is 0.0725. The summed E-state index contributed by atoms with van der Waals surface area (Å²) in [5, 5.41) is 3.23. The number of piperazine rings is 1. The first kappa shape index (κ1) is 27.5. The molecular weight excluding hydrogens is 533 g/mol. The Hall–Kier alpha value is -4.06. The Balaban J connectivity index is 1.64. The van der Waals surface area contributed by atoms with Crippen molar-refractivity contribution in [1.82, 2.24) is 24.1 Å². The highest BCUT2D eigenvalue weighted by molar-refractivity contribution is 7.89. The van der Waals surface area contributed by atoms with Gasteiger partial charge in [-0.15, -0.1) is 0 Å². The molecule has 1 amide bonds. The third-order valence-corrected chi connectivity index (χ3v) is 8.40. The van der Waals surface area contributed by atoms with Gasteiger partial charge in [0.1, 0.15) is 16.4 Å². The van der Waals surface area contributed by atoms with E-state index >= 15 is 0 Å². The van der Waals surface area contributed by atoms with Crippen LogP contribution in [0.15, 0.2) is 88.6 Å². The largest absolute Gasteiger partial charge is 0.335 e. The fourth-order valence-electron chi connectivity index (χ4n) is 4.92. The molecule has 40 heavy (non-hydrogen) atoms. The number of benzene rings is 3. The van der Waals surface area contributed by atoms with Crippen LogP contribution in [0.25, 0.3) is 16.9 Å². The molecule has 0 atom stereocenters. The van der Waals surface area contributed by atoms with Crippen molar-refractivity contribution in [2.24, 2.45) is 0 Å². The minimum Gasteiger partial charge on any atom is -0.335 e. The number of nitrogens with zero attached hydrogens (tertiary/aromatic N) is 3. The van der Waals surface area contributed by atoms with Crippen LogP contribution in [0.3, 0.4) is 0 Å². The molecule has 208 valence electrons. The summed E-state index contributed by atoms with van der Waals surface area (Å²) >= 11 is 0. The second-order valence-electron chi connectivity index (χ2n) is 9.49. The Kier molecular flexibility index (Phi) is 7.97. The smallest absolute Gasteiger partial charge is 0.333 e. The van der Waals surface area contributed by atoms with Gasteiger partial charge in [-0.2, -0.15) is 0 Å². The average molecular weight is 564 g/mol. The molecule has 1 fully saturated rings. The fraction of sp³-hybridized carbons (Fsp3) is 0.241. The summed E-state index contributed by atoms with van der Waals surface area (Å²) in [6, 6.07) is 21.7. The number of aryl methyl sites for hydroxylation is 1. The summed E-state index contributed by atoms with van der Waals surface area (Å²) in [6.45, 7) is 3.69. The summed E-state index contributed by atoms with van der Waals surface area (Å²) in [5.41, 5.74) is 2.25. The molecule has 1 aliphatic heterocycles. The summed E-state index contributed by atoms with van der Waals surface area (Å²) in [7, 11) is -4.19. The van der Waals surface area contributed by atoms with Crippen LogP contribution >= 0.6 is 0 Å². The maximum absolute atomic E-state index is 14.2. The van der Waals surface area contributed by atoms with E-state index in [4.69, 9.17) is 0 Å². The molecule has 11 heteroatoms. The minimum absolute atomic E-state index is 0.140. The van der Waals surface area contributed by atoms with Crippen LogP contribution in [0.4, 0.5) is 4.39 Å². The number of hydrogen-bond donors (Lipinski definition) is 2. The monoisotopic (exact) mass is 563 g/mol. The molecule has 9 nitrogen and oxygen atoms in total. The van der Waals surface area contributed by atoms with Crippen LogP contribution in [-0.4, -0.2) is 61.1 Å². The summed E-state index contributed by atoms with van der Waals surface area (Å²) < 4.78 is 45.1. The molecule has 2 N–H and O–H groups in total. The predicted molar refractivity (Wildman–Crippen MR) is 151 cm³/mol. The zero-order chi connectivity index (χ0) is 28.3. The van der Waals surface area contributed by atoms with Gasteiger partial charge >= 0.3 is 5.69 Å². The number of carbonyl (C=O) groups excluding carboxylic acids is 1. The first-order valence-electron chi connectivity index (χ1n) is 13.0. The number of para-hydroxylation sites is 1. The van der Waals surface area contributed by atoms with Crippen LogP contribution in [0.1, 0.15) is 16.1 Å². The number of halogens is 1. The molecule has 4 aromatic rings. The number of imidazole rings is 1. The third-order valence-electron chi connectivity index (χ3n) is 6.90. The van der Waals surface area contributed by atoms with Crippen molar-refractivity contribution in [3.63, 3.8) is 0 Å². The van der Waals surface area contributed by atoms with E-state index in [1.807, 2.05) is 61.5 Å². The summed E-state index contributed by atoms with van der Waals surface area (Å²) in [6.07, 6.45) is 0. The number of carbonyl (C=O) groups is 1. The average Bonchev–Trinajstić information content (AvgIpc) is 3.25. The van der Waals surface area contributed by atoms with Crippen molar-refractivity contribution < 1.29 is 17.6 Å². The van der Waals surface area contributed by atoms with Gasteiger partial charge in [0.15, 0.2) is 0 Å². The second-order valence-corrected chi connectivity index (χ2v) is 11.2. The number of amides is 1. The Morgan fingerprint density at radius 2 is 1.60 bits per heavy atom. The highest BCUT2D eigenvalue weighted by Crippen LogP contribution is 2.29. The van der Waals surface area contributed by atoms with Gasteiger partial charge in [-0.3, -0.25) is 13.9 Å². The fourth-order valence-corrected chi connectivity index (χ4v) is 6.02. The van der Waals surface area contributed by atoms with Crippen LogP contribution in [0.5, 0.6) is 0 Å². The maximum atomic E-state index is 14.2. The van der Waals surface area contributed by atoms with Crippen molar-refractivity contribution in [3.05, 3.63) is 106 Å². The molecule has 0 spiro atoms. The second kappa shape index (κ2) is 11.6. The number of hydrogen-bond acceptors (Lipinski definition) is 5. The van der Waals surface area contributed by atoms with Gasteiger partial charge in [-0.05, 0) is 30.7 Å². The van der Waals surface area contributed by atoms with Crippen molar-refractivity contribution in [2.75, 3.05) is 32.7 Å². The van der Waals surface area contributed by atoms with Crippen LogP contribution < -0.4 is 15.7 Å². The van der Waals surface area contributed by atoms with Gasteiger partial charge in [-0.1, -0.05) is 60.7 Å². The number of rotatable bonds is 8. The molecule has 0 saturated carbocycles. The highest BCUT2D eigenvalue weighted by Gasteiger charge is 2.31. The molecule has 0 bridgehead atoms. The van der Waals surface area contributed by atoms with E-state index in [9.17, 15) is 22.4 Å². The van der Waals surface area contributed by atoms with Crippen molar-refractivity contribution >= 4 is 15.9 Å². The van der Waals surface area contributed by atoms with E-state index < -0.39 is 26.4 Å². The zero-order valence-corrected chi connectivity index (χ0v) is 22.8. The van der Waals surface area contributed by atoms with Gasteiger partial charge in [0.25, 0.3) is 5.91 Å². The molecule has 1 aromatic heterocycles. The molecule has 0 unspecified atom stereocenters. The van der Waals surface area contributed by atoms with E-state index in [1.165, 1.54) is 27.3 Å². The standard InChI is InChI=1S/C29H30FN5O4S/c1-21-9-5-7-13-24(21)35-26(22-10-3-2-4-11-22)27(28(36)33-18-15-31-16-19-33)34(29(35)37)20-17-32-40(38,39)25-14-8-6-12-23(25)30/h2-14,31-32H,15-20H2,1H3. The predicted octanol–water partition coefficient (Wildman–Crippen LogP) is 2.78. The lowest BCUT2D eigenvalue weighted by Gasteiger charge is -2.28. The minimum atomic E-state index is -4.19. The number of aromatic nitrogens is 2. The van der Waals surface area contributed by atoms with E-state index in [0.29, 0.717) is 43.1 Å². The first-order valence-corrected chi connectivity index (χ1v) is 14.5. The molecule has 0 aliphatic carbocycles. The van der Waals surface area contributed by atoms with E-state index in [2.05, 4.69) is 10.0 Å². The van der Waals surface area contributed by atoms with Gasteiger partial charge in [0.05, 0.1) is 11.4 Å². The van der Waals surface area contributed by atoms with Crippen LogP contribution in [-0.2, 0) is 16.6 Å². The first-order chi connectivity index (χ1) is 19.3. The summed E-state index contributed by atoms with van der Waals surface area (Å²) in [4.78, 5) is 29.4. The Labute approximate surface area is 231 Å². The maximum Gasteiger partial charge on any atom is 0.333 e. The quantitative estimate of drug-likeness (QED) is 0.343. The van der Waals surface area contributed by atoms with Gasteiger partial charge < -0.3 is 10.2 Å². The third kappa shape index (κ3) is 5.35. The van der Waals surface area contributed by atoms with Gasteiger partial charge in [0, 0.05) is 44.8 Å². The van der Waals surface area contributed by atoms with Gasteiger partial charge in [0.2, 0.25) is 10.0 Å². The Bertz CT molecular complexity index is 1690. The SMILES string of the molecule is Cc1ccccc1-n1c(-c2ccccc2)c(C(=O)N2CCNCC2)n(CCNS(=O)(=O)c2ccccc2F)c1=O. The Morgan fingerprint density at radius 3 is 2.30 bits per heavy atom. The molecule has 5 rings (SSSR count). The molecule has 1 saturated heterocycles. The van der Waals surface area contributed by atoms with Crippen LogP contribution in [0, 0.1) is 12.7 Å². The van der Waals surface area contributed by atoms with E-state index in [-0.39, 0.29) is 24.7 Å².